The summed E-state index contributed by atoms with van der Waals surface area (Å²) in [7, 11) is 1.52. The second-order valence-electron chi connectivity index (χ2n) is 3.95. The Morgan fingerprint density at radius 2 is 1.95 bits per heavy atom. The summed E-state index contributed by atoms with van der Waals surface area (Å²) in [6.07, 6.45) is 0. The second kappa shape index (κ2) is 6.16. The van der Waals surface area contributed by atoms with Crippen molar-refractivity contribution in [2.24, 2.45) is 0 Å². The number of phenolic OH excluding ortho intramolecular Hbond substituents is 1. The number of phenols is 1. The number of anilines is 2. The molecule has 0 unspecified atom stereocenters. The molecule has 0 spiro atoms. The molecule has 0 saturated heterocycles. The molecule has 0 atom stereocenters. The van der Waals surface area contributed by atoms with Crippen LogP contribution in [0.3, 0.4) is 0 Å². The summed E-state index contributed by atoms with van der Waals surface area (Å²) in [6.45, 7) is 0. The van der Waals surface area contributed by atoms with Crippen molar-refractivity contribution in [1.29, 1.82) is 0 Å². The van der Waals surface area contributed by atoms with E-state index in [4.69, 9.17) is 16.3 Å². The molecule has 2 aromatic carbocycles. The summed E-state index contributed by atoms with van der Waals surface area (Å²) in [6, 6.07) is 11.0. The number of nitrogens with one attached hydrogen (secondary N) is 2. The Kier molecular flexibility index (Phi) is 4.32. The molecule has 2 aromatic rings. The lowest BCUT2D eigenvalue weighted by atomic mass is 10.3. The van der Waals surface area contributed by atoms with Crippen LogP contribution in [0.4, 0.5) is 16.2 Å². The largest absolute Gasteiger partial charge is 0.506 e. The van der Waals surface area contributed by atoms with Crippen LogP contribution < -0.4 is 15.4 Å². The first-order valence-corrected chi connectivity index (χ1v) is 6.17. The van der Waals surface area contributed by atoms with Crippen LogP contribution in [0.5, 0.6) is 11.5 Å². The third-order valence-corrected chi connectivity index (χ3v) is 2.88. The van der Waals surface area contributed by atoms with Gasteiger partial charge in [-0.25, -0.2) is 4.79 Å². The van der Waals surface area contributed by atoms with Gasteiger partial charge in [-0.3, -0.25) is 0 Å². The maximum absolute atomic E-state index is 11.9. The summed E-state index contributed by atoms with van der Waals surface area (Å²) in [5, 5.41) is 14.9. The molecule has 0 fully saturated rings. The Bertz CT molecular complexity index is 632. The normalized spacial score (nSPS) is 9.90. The molecule has 104 valence electrons. The molecule has 0 saturated carbocycles. The summed E-state index contributed by atoms with van der Waals surface area (Å²) < 4.78 is 5.13. The molecule has 3 N–H and O–H groups in total. The zero-order chi connectivity index (χ0) is 14.5. The fourth-order valence-electron chi connectivity index (χ4n) is 1.62. The maximum atomic E-state index is 11.9. The van der Waals surface area contributed by atoms with E-state index in [1.807, 2.05) is 0 Å². The highest BCUT2D eigenvalue weighted by Crippen LogP contribution is 2.27. The van der Waals surface area contributed by atoms with Crippen molar-refractivity contribution in [1.82, 2.24) is 0 Å². The predicted molar refractivity (Wildman–Crippen MR) is 78.8 cm³/mol. The topological polar surface area (TPSA) is 70.6 Å². The fraction of sp³-hybridized carbons (Fsp3) is 0.0714. The van der Waals surface area contributed by atoms with Gasteiger partial charge in [0.2, 0.25) is 0 Å². The first kappa shape index (κ1) is 14.0. The van der Waals surface area contributed by atoms with Crippen LogP contribution in [0, 0.1) is 0 Å². The number of urea groups is 1. The van der Waals surface area contributed by atoms with Gasteiger partial charge < -0.3 is 20.5 Å². The van der Waals surface area contributed by atoms with Crippen LogP contribution >= 0.6 is 11.6 Å². The van der Waals surface area contributed by atoms with Crippen LogP contribution in [0.15, 0.2) is 42.5 Å². The summed E-state index contributed by atoms with van der Waals surface area (Å²) in [5.41, 5.74) is 0.977. The number of aromatic hydroxyl groups is 1. The van der Waals surface area contributed by atoms with Crippen molar-refractivity contribution >= 4 is 29.0 Å². The minimum Gasteiger partial charge on any atom is -0.506 e. The molecule has 2 rings (SSSR count). The molecule has 5 nitrogen and oxygen atoms in total. The third kappa shape index (κ3) is 3.33. The Balaban J connectivity index is 2.07. The molecule has 6 heteroatoms. The van der Waals surface area contributed by atoms with Crippen LogP contribution in [0.1, 0.15) is 0 Å². The van der Waals surface area contributed by atoms with Crippen molar-refractivity contribution in [3.8, 4) is 11.5 Å². The zero-order valence-electron chi connectivity index (χ0n) is 10.7. The number of carbonyl (C=O) groups is 1. The van der Waals surface area contributed by atoms with Crippen molar-refractivity contribution in [2.45, 2.75) is 0 Å². The molecule has 0 heterocycles. The minimum absolute atomic E-state index is 0.0956. The van der Waals surface area contributed by atoms with Crippen molar-refractivity contribution in [3.05, 3.63) is 47.5 Å². The highest BCUT2D eigenvalue weighted by atomic mass is 35.5. The van der Waals surface area contributed by atoms with E-state index in [-0.39, 0.29) is 10.8 Å². The summed E-state index contributed by atoms with van der Waals surface area (Å²) in [4.78, 5) is 11.9. The van der Waals surface area contributed by atoms with E-state index < -0.39 is 6.03 Å². The number of hydrogen-bond acceptors (Lipinski definition) is 3. The Hall–Kier alpha value is -2.40. The maximum Gasteiger partial charge on any atom is 0.323 e. The highest BCUT2D eigenvalue weighted by Gasteiger charge is 2.08. The standard InChI is InChI=1S/C14H13ClN2O3/c1-20-13-5-3-2-4-11(13)17-14(19)16-9-6-7-10(15)12(18)8-9/h2-8,18H,1H3,(H2,16,17,19). The average Bonchev–Trinajstić information content (AvgIpc) is 2.43. The van der Waals surface area contributed by atoms with Gasteiger partial charge in [-0.1, -0.05) is 23.7 Å². The van der Waals surface area contributed by atoms with E-state index in [0.29, 0.717) is 17.1 Å². The molecular weight excluding hydrogens is 280 g/mol. The van der Waals surface area contributed by atoms with Gasteiger partial charge in [0.05, 0.1) is 17.8 Å². The summed E-state index contributed by atoms with van der Waals surface area (Å²) in [5.74, 6) is 0.461. The van der Waals surface area contributed by atoms with Crippen LogP contribution in [0.2, 0.25) is 5.02 Å². The van der Waals surface area contributed by atoms with E-state index >= 15 is 0 Å². The number of amides is 2. The zero-order valence-corrected chi connectivity index (χ0v) is 11.4. The summed E-state index contributed by atoms with van der Waals surface area (Å²) >= 11 is 5.69. The lowest BCUT2D eigenvalue weighted by molar-refractivity contribution is 0.262. The van der Waals surface area contributed by atoms with Crippen molar-refractivity contribution in [3.63, 3.8) is 0 Å². The molecule has 0 radical (unpaired) electrons. The van der Waals surface area contributed by atoms with Gasteiger partial charge in [-0.15, -0.1) is 0 Å². The molecular formula is C14H13ClN2O3. The lowest BCUT2D eigenvalue weighted by Crippen LogP contribution is -2.19. The number of benzene rings is 2. The Labute approximate surface area is 121 Å². The average molecular weight is 293 g/mol. The van der Waals surface area contributed by atoms with Gasteiger partial charge in [-0.2, -0.15) is 0 Å². The number of hydrogen-bond donors (Lipinski definition) is 3. The first-order chi connectivity index (χ1) is 9.60. The van der Waals surface area contributed by atoms with Gasteiger partial charge in [0.1, 0.15) is 11.5 Å². The van der Waals surface area contributed by atoms with E-state index in [1.54, 1.807) is 30.3 Å². The third-order valence-electron chi connectivity index (χ3n) is 2.56. The van der Waals surface area contributed by atoms with E-state index in [9.17, 15) is 9.90 Å². The number of halogens is 1. The molecule has 20 heavy (non-hydrogen) atoms. The predicted octanol–water partition coefficient (Wildman–Crippen LogP) is 3.70. The fourth-order valence-corrected chi connectivity index (χ4v) is 1.74. The van der Waals surface area contributed by atoms with Gasteiger partial charge in [0.15, 0.2) is 0 Å². The smallest absolute Gasteiger partial charge is 0.323 e. The molecule has 0 aliphatic rings. The van der Waals surface area contributed by atoms with E-state index in [0.717, 1.165) is 0 Å². The van der Waals surface area contributed by atoms with Crippen LogP contribution in [-0.4, -0.2) is 18.2 Å². The lowest BCUT2D eigenvalue weighted by Gasteiger charge is -2.11. The van der Waals surface area contributed by atoms with E-state index in [1.165, 1.54) is 19.2 Å². The Morgan fingerprint density at radius 1 is 1.20 bits per heavy atom. The molecule has 0 aromatic heterocycles. The number of para-hydroxylation sites is 2. The van der Waals surface area contributed by atoms with Crippen LogP contribution in [-0.2, 0) is 0 Å². The highest BCUT2D eigenvalue weighted by molar-refractivity contribution is 6.32. The van der Waals surface area contributed by atoms with Gasteiger partial charge in [0, 0.05) is 11.8 Å². The molecule has 0 aliphatic carbocycles. The second-order valence-corrected chi connectivity index (χ2v) is 4.35. The van der Waals surface area contributed by atoms with Crippen LogP contribution in [0.25, 0.3) is 0 Å². The van der Waals surface area contributed by atoms with Crippen molar-refractivity contribution < 1.29 is 14.6 Å². The number of methoxy groups -OCH3 is 1. The number of rotatable bonds is 3. The van der Waals surface area contributed by atoms with Gasteiger partial charge >= 0.3 is 6.03 Å². The quantitative estimate of drug-likeness (QED) is 0.808. The van der Waals surface area contributed by atoms with Gasteiger partial charge in [-0.05, 0) is 24.3 Å². The van der Waals surface area contributed by atoms with E-state index in [2.05, 4.69) is 10.6 Å². The first-order valence-electron chi connectivity index (χ1n) is 5.79. The molecule has 2 amide bonds. The molecule has 0 aliphatic heterocycles. The monoisotopic (exact) mass is 292 g/mol. The van der Waals surface area contributed by atoms with Crippen molar-refractivity contribution in [2.75, 3.05) is 17.7 Å². The number of carbonyl (C=O) groups excluding carboxylic acids is 1. The SMILES string of the molecule is COc1ccccc1NC(=O)Nc1ccc(Cl)c(O)c1. The Morgan fingerprint density at radius 3 is 2.65 bits per heavy atom. The van der Waals surface area contributed by atoms with Gasteiger partial charge in [0.25, 0.3) is 0 Å². The minimum atomic E-state index is -0.448. The molecule has 0 bridgehead atoms. The number of ether oxygens (including phenoxy) is 1.